The number of amides is 2. The standard InChI is InChI=1S/C19H26N2O3/c1-11-7-12(2)17(13(3)8-11)21-19(23)16-9-15(16)18(22)20-10-14-5-4-6-24-14/h7-8,14-16H,4-6,9-10H2,1-3H3,(H,20,22)(H,21,23). The first-order valence-electron chi connectivity index (χ1n) is 8.73. The lowest BCUT2D eigenvalue weighted by Crippen LogP contribution is -2.33. The molecule has 3 unspecified atom stereocenters. The second-order valence-corrected chi connectivity index (χ2v) is 7.09. The van der Waals surface area contributed by atoms with Crippen LogP contribution in [-0.4, -0.2) is 31.1 Å². The van der Waals surface area contributed by atoms with Gasteiger partial charge in [0.2, 0.25) is 11.8 Å². The van der Waals surface area contributed by atoms with Crippen LogP contribution in [0.5, 0.6) is 0 Å². The fourth-order valence-corrected chi connectivity index (χ4v) is 3.52. The molecule has 1 saturated carbocycles. The molecule has 5 nitrogen and oxygen atoms in total. The lowest BCUT2D eigenvalue weighted by atomic mass is 10.0. The molecule has 1 aliphatic carbocycles. The van der Waals surface area contributed by atoms with E-state index in [-0.39, 0.29) is 29.8 Å². The molecular weight excluding hydrogens is 304 g/mol. The maximum atomic E-state index is 12.4. The molecule has 1 heterocycles. The van der Waals surface area contributed by atoms with Crippen molar-refractivity contribution in [2.24, 2.45) is 11.8 Å². The van der Waals surface area contributed by atoms with Gasteiger partial charge in [0.05, 0.1) is 17.9 Å². The molecule has 1 aromatic carbocycles. The minimum absolute atomic E-state index is 0.0250. The summed E-state index contributed by atoms with van der Waals surface area (Å²) in [6.07, 6.45) is 2.83. The van der Waals surface area contributed by atoms with E-state index in [0.29, 0.717) is 13.0 Å². The number of rotatable bonds is 5. The smallest absolute Gasteiger partial charge is 0.228 e. The van der Waals surface area contributed by atoms with E-state index in [1.807, 2.05) is 20.8 Å². The van der Waals surface area contributed by atoms with E-state index < -0.39 is 0 Å². The monoisotopic (exact) mass is 330 g/mol. The maximum absolute atomic E-state index is 12.4. The third kappa shape index (κ3) is 3.78. The number of nitrogens with one attached hydrogen (secondary N) is 2. The molecule has 1 aromatic rings. The van der Waals surface area contributed by atoms with Crippen LogP contribution >= 0.6 is 0 Å². The Balaban J connectivity index is 1.51. The highest BCUT2D eigenvalue weighted by molar-refractivity contribution is 6.00. The highest BCUT2D eigenvalue weighted by atomic mass is 16.5. The molecule has 2 N–H and O–H groups in total. The van der Waals surface area contributed by atoms with Crippen molar-refractivity contribution in [1.29, 1.82) is 0 Å². The molecule has 130 valence electrons. The van der Waals surface area contributed by atoms with Crippen LogP contribution in [0.4, 0.5) is 5.69 Å². The molecule has 0 bridgehead atoms. The number of ether oxygens (including phenoxy) is 1. The minimum atomic E-state index is -0.213. The average Bonchev–Trinajstić information content (AvgIpc) is 3.16. The molecule has 3 atom stereocenters. The number of hydrogen-bond donors (Lipinski definition) is 2. The van der Waals surface area contributed by atoms with Crippen molar-refractivity contribution >= 4 is 17.5 Å². The van der Waals surface area contributed by atoms with Gasteiger partial charge in [0.25, 0.3) is 0 Å². The van der Waals surface area contributed by atoms with Crippen molar-refractivity contribution < 1.29 is 14.3 Å². The number of benzene rings is 1. The summed E-state index contributed by atoms with van der Waals surface area (Å²) in [6, 6.07) is 4.11. The Hall–Kier alpha value is -1.88. The van der Waals surface area contributed by atoms with Gasteiger partial charge >= 0.3 is 0 Å². The van der Waals surface area contributed by atoms with Crippen molar-refractivity contribution in [3.8, 4) is 0 Å². The molecule has 3 rings (SSSR count). The summed E-state index contributed by atoms with van der Waals surface area (Å²) in [7, 11) is 0. The van der Waals surface area contributed by atoms with Crippen LogP contribution in [0, 0.1) is 32.6 Å². The van der Waals surface area contributed by atoms with Crippen LogP contribution < -0.4 is 10.6 Å². The van der Waals surface area contributed by atoms with E-state index >= 15 is 0 Å². The predicted octanol–water partition coefficient (Wildman–Crippen LogP) is 2.48. The number of carbonyl (C=O) groups excluding carboxylic acids is 2. The SMILES string of the molecule is Cc1cc(C)c(NC(=O)C2CC2C(=O)NCC2CCCO2)c(C)c1. The summed E-state index contributed by atoms with van der Waals surface area (Å²) in [5.74, 6) is -0.489. The summed E-state index contributed by atoms with van der Waals surface area (Å²) in [5.41, 5.74) is 4.17. The van der Waals surface area contributed by atoms with Crippen LogP contribution in [0.25, 0.3) is 0 Å². The third-order valence-electron chi connectivity index (χ3n) is 4.92. The zero-order chi connectivity index (χ0) is 17.3. The third-order valence-corrected chi connectivity index (χ3v) is 4.92. The van der Waals surface area contributed by atoms with Gasteiger partial charge < -0.3 is 15.4 Å². The Bertz CT molecular complexity index is 627. The van der Waals surface area contributed by atoms with Crippen molar-refractivity contribution in [3.05, 3.63) is 28.8 Å². The zero-order valence-electron chi connectivity index (χ0n) is 14.6. The average molecular weight is 330 g/mol. The van der Waals surface area contributed by atoms with Crippen LogP contribution in [0.2, 0.25) is 0 Å². The van der Waals surface area contributed by atoms with E-state index in [4.69, 9.17) is 4.74 Å². The fraction of sp³-hybridized carbons (Fsp3) is 0.579. The molecule has 2 aliphatic rings. The fourth-order valence-electron chi connectivity index (χ4n) is 3.52. The first-order valence-corrected chi connectivity index (χ1v) is 8.73. The highest BCUT2D eigenvalue weighted by Gasteiger charge is 2.48. The highest BCUT2D eigenvalue weighted by Crippen LogP contribution is 2.40. The first kappa shape index (κ1) is 17.0. The Kier molecular flexibility index (Phi) is 4.90. The predicted molar refractivity (Wildman–Crippen MR) is 92.9 cm³/mol. The number of hydrogen-bond acceptors (Lipinski definition) is 3. The van der Waals surface area contributed by atoms with Crippen molar-refractivity contribution in [3.63, 3.8) is 0 Å². The summed E-state index contributed by atoms with van der Waals surface area (Å²) in [5, 5.41) is 5.93. The Morgan fingerprint density at radius 2 is 1.79 bits per heavy atom. The van der Waals surface area contributed by atoms with Crippen molar-refractivity contribution in [1.82, 2.24) is 5.32 Å². The second kappa shape index (κ2) is 6.93. The van der Waals surface area contributed by atoms with Crippen LogP contribution in [0.1, 0.15) is 36.0 Å². The van der Waals surface area contributed by atoms with Gasteiger partial charge in [0, 0.05) is 18.8 Å². The van der Waals surface area contributed by atoms with Gasteiger partial charge in [-0.2, -0.15) is 0 Å². The number of anilines is 1. The molecule has 2 amide bonds. The molecule has 0 radical (unpaired) electrons. The summed E-state index contributed by atoms with van der Waals surface area (Å²) in [6.45, 7) is 7.37. The summed E-state index contributed by atoms with van der Waals surface area (Å²) in [4.78, 5) is 24.6. The molecular formula is C19H26N2O3. The van der Waals surface area contributed by atoms with Crippen molar-refractivity contribution in [2.75, 3.05) is 18.5 Å². The minimum Gasteiger partial charge on any atom is -0.376 e. The Morgan fingerprint density at radius 3 is 2.42 bits per heavy atom. The summed E-state index contributed by atoms with van der Waals surface area (Å²) >= 11 is 0. The number of aryl methyl sites for hydroxylation is 3. The van der Waals surface area contributed by atoms with Gasteiger partial charge in [-0.1, -0.05) is 17.7 Å². The van der Waals surface area contributed by atoms with E-state index in [2.05, 4.69) is 22.8 Å². The molecule has 1 aliphatic heterocycles. The zero-order valence-corrected chi connectivity index (χ0v) is 14.6. The second-order valence-electron chi connectivity index (χ2n) is 7.09. The van der Waals surface area contributed by atoms with Crippen LogP contribution in [-0.2, 0) is 14.3 Å². The molecule has 24 heavy (non-hydrogen) atoms. The van der Waals surface area contributed by atoms with E-state index in [1.54, 1.807) is 0 Å². The largest absolute Gasteiger partial charge is 0.376 e. The lowest BCUT2D eigenvalue weighted by molar-refractivity contribution is -0.125. The molecule has 2 fully saturated rings. The van der Waals surface area contributed by atoms with Gasteiger partial charge in [0.15, 0.2) is 0 Å². The van der Waals surface area contributed by atoms with Gasteiger partial charge in [0.1, 0.15) is 0 Å². The van der Waals surface area contributed by atoms with E-state index in [0.717, 1.165) is 36.3 Å². The molecule has 0 spiro atoms. The molecule has 5 heteroatoms. The first-order chi connectivity index (χ1) is 11.5. The van der Waals surface area contributed by atoms with Crippen LogP contribution in [0.3, 0.4) is 0 Å². The van der Waals surface area contributed by atoms with Gasteiger partial charge in [-0.15, -0.1) is 0 Å². The van der Waals surface area contributed by atoms with Gasteiger partial charge in [-0.05, 0) is 51.2 Å². The van der Waals surface area contributed by atoms with Gasteiger partial charge in [-0.25, -0.2) is 0 Å². The van der Waals surface area contributed by atoms with Crippen LogP contribution in [0.15, 0.2) is 12.1 Å². The lowest BCUT2D eigenvalue weighted by Gasteiger charge is -2.13. The van der Waals surface area contributed by atoms with E-state index in [1.165, 1.54) is 5.56 Å². The normalized spacial score (nSPS) is 25.4. The Morgan fingerprint density at radius 1 is 1.12 bits per heavy atom. The van der Waals surface area contributed by atoms with Crippen molar-refractivity contribution in [2.45, 2.75) is 46.1 Å². The maximum Gasteiger partial charge on any atom is 0.228 e. The topological polar surface area (TPSA) is 67.4 Å². The number of carbonyl (C=O) groups is 2. The Labute approximate surface area is 143 Å². The summed E-state index contributed by atoms with van der Waals surface area (Å²) < 4.78 is 5.50. The van der Waals surface area contributed by atoms with Gasteiger partial charge in [-0.3, -0.25) is 9.59 Å². The quantitative estimate of drug-likeness (QED) is 0.871. The van der Waals surface area contributed by atoms with E-state index in [9.17, 15) is 9.59 Å². The molecule has 0 aromatic heterocycles. The molecule has 1 saturated heterocycles.